The van der Waals surface area contributed by atoms with Gasteiger partial charge in [-0.05, 0) is 18.2 Å². The Morgan fingerprint density at radius 2 is 1.45 bits per heavy atom. The first-order valence-electron chi connectivity index (χ1n) is 3.41. The lowest BCUT2D eigenvalue weighted by molar-refractivity contribution is 1.21. The van der Waals surface area contributed by atoms with Gasteiger partial charge in [0.1, 0.15) is 0 Å². The highest BCUT2D eigenvalue weighted by atomic mass is 32.1. The van der Waals surface area contributed by atoms with Crippen LogP contribution in [-0.2, 0) is 0 Å². The van der Waals surface area contributed by atoms with Crippen molar-refractivity contribution in [3.63, 3.8) is 0 Å². The van der Waals surface area contributed by atoms with Gasteiger partial charge in [-0.3, -0.25) is 0 Å². The van der Waals surface area contributed by atoms with Crippen LogP contribution in [0.4, 0.5) is 0 Å². The lowest BCUT2D eigenvalue weighted by atomic mass is 10.4. The number of hydrogen-bond acceptors (Lipinski definition) is 3. The van der Waals surface area contributed by atoms with E-state index in [0.29, 0.717) is 0 Å². The van der Waals surface area contributed by atoms with Crippen LogP contribution in [0.5, 0.6) is 0 Å². The fourth-order valence-electron chi connectivity index (χ4n) is 0.512. The fraction of sp³-hybridized carbons (Fsp3) is 0.250. The Labute approximate surface area is 84.6 Å². The highest BCUT2D eigenvalue weighted by molar-refractivity contribution is 7.83. The van der Waals surface area contributed by atoms with Gasteiger partial charge < -0.3 is 0 Å². The van der Waals surface area contributed by atoms with Crippen molar-refractivity contribution < 1.29 is 0 Å². The molecule has 0 N–H and O–H groups in total. The quantitative estimate of drug-likeness (QED) is 0.529. The van der Waals surface area contributed by atoms with E-state index in [1.54, 1.807) is 0 Å². The minimum Gasteiger partial charge on any atom is -0.143 e. The standard InChI is InChI=1S/C6H6S3.C2H6/c7-4-1-2-5(8)6(9)3-4;1-2/h1-3,7-9H;1-2H3. The normalized spacial score (nSPS) is 8.45. The molecule has 0 atom stereocenters. The summed E-state index contributed by atoms with van der Waals surface area (Å²) in [6.07, 6.45) is 0. The topological polar surface area (TPSA) is 0 Å². The zero-order valence-electron chi connectivity index (χ0n) is 6.57. The molecule has 0 amide bonds. The molecule has 1 rings (SSSR count). The molecule has 0 nitrogen and oxygen atoms in total. The van der Waals surface area contributed by atoms with Crippen molar-refractivity contribution in [2.24, 2.45) is 0 Å². The summed E-state index contributed by atoms with van der Waals surface area (Å²) < 4.78 is 0. The van der Waals surface area contributed by atoms with Gasteiger partial charge in [-0.15, -0.1) is 37.9 Å². The van der Waals surface area contributed by atoms with Gasteiger partial charge in [-0.25, -0.2) is 0 Å². The van der Waals surface area contributed by atoms with Crippen molar-refractivity contribution in [1.82, 2.24) is 0 Å². The number of benzene rings is 1. The van der Waals surface area contributed by atoms with Crippen LogP contribution < -0.4 is 0 Å². The molecule has 0 radical (unpaired) electrons. The minimum atomic E-state index is 0.867. The third-order valence-electron chi connectivity index (χ3n) is 0.959. The fourth-order valence-corrected chi connectivity index (χ4v) is 1.17. The maximum Gasteiger partial charge on any atom is 0.0185 e. The summed E-state index contributed by atoms with van der Waals surface area (Å²) in [6, 6.07) is 5.60. The lowest BCUT2D eigenvalue weighted by Crippen LogP contribution is -1.69. The molecule has 11 heavy (non-hydrogen) atoms. The van der Waals surface area contributed by atoms with E-state index in [4.69, 9.17) is 0 Å². The Balaban J connectivity index is 0.000000461. The van der Waals surface area contributed by atoms with Gasteiger partial charge in [0.2, 0.25) is 0 Å². The van der Waals surface area contributed by atoms with Crippen molar-refractivity contribution >= 4 is 37.9 Å². The van der Waals surface area contributed by atoms with Crippen LogP contribution in [0.2, 0.25) is 0 Å². The van der Waals surface area contributed by atoms with Gasteiger partial charge in [-0.1, -0.05) is 13.8 Å². The molecule has 0 saturated heterocycles. The SMILES string of the molecule is CC.Sc1ccc(S)c(S)c1. The number of rotatable bonds is 0. The van der Waals surface area contributed by atoms with E-state index in [9.17, 15) is 0 Å². The molecule has 0 heterocycles. The average Bonchev–Trinajstić information content (AvgIpc) is 2.02. The van der Waals surface area contributed by atoms with Crippen LogP contribution >= 0.6 is 37.9 Å². The van der Waals surface area contributed by atoms with Crippen LogP contribution in [-0.4, -0.2) is 0 Å². The van der Waals surface area contributed by atoms with E-state index in [0.717, 1.165) is 14.7 Å². The molecule has 0 saturated carbocycles. The first-order chi connectivity index (χ1) is 5.20. The molecular weight excluding hydrogens is 192 g/mol. The van der Waals surface area contributed by atoms with Gasteiger partial charge in [-0.2, -0.15) is 0 Å². The molecule has 0 aliphatic rings. The van der Waals surface area contributed by atoms with Crippen molar-refractivity contribution in [3.05, 3.63) is 18.2 Å². The van der Waals surface area contributed by atoms with Gasteiger partial charge in [0.05, 0.1) is 0 Å². The zero-order valence-corrected chi connectivity index (χ0v) is 9.26. The summed E-state index contributed by atoms with van der Waals surface area (Å²) in [5.41, 5.74) is 0. The molecule has 0 aliphatic carbocycles. The first kappa shape index (κ1) is 11.3. The van der Waals surface area contributed by atoms with E-state index in [-0.39, 0.29) is 0 Å². The van der Waals surface area contributed by atoms with E-state index >= 15 is 0 Å². The lowest BCUT2D eigenvalue weighted by Gasteiger charge is -1.96. The predicted molar refractivity (Wildman–Crippen MR) is 59.5 cm³/mol. The monoisotopic (exact) mass is 204 g/mol. The second-order valence-corrected chi connectivity index (χ2v) is 3.15. The highest BCUT2D eigenvalue weighted by Crippen LogP contribution is 2.20. The third kappa shape index (κ3) is 3.99. The second-order valence-electron chi connectivity index (χ2n) is 1.67. The highest BCUT2D eigenvalue weighted by Gasteiger charge is 1.91. The van der Waals surface area contributed by atoms with Gasteiger partial charge in [0, 0.05) is 14.7 Å². The summed E-state index contributed by atoms with van der Waals surface area (Å²) in [6.45, 7) is 4.00. The van der Waals surface area contributed by atoms with E-state index in [1.807, 2.05) is 32.0 Å². The summed E-state index contributed by atoms with van der Waals surface area (Å²) in [5, 5.41) is 0. The molecule has 3 heteroatoms. The predicted octanol–water partition coefficient (Wildman–Crippen LogP) is 3.58. The van der Waals surface area contributed by atoms with Crippen LogP contribution in [0.1, 0.15) is 13.8 Å². The maximum absolute atomic E-state index is 4.14. The minimum absolute atomic E-state index is 0.867. The van der Waals surface area contributed by atoms with E-state index < -0.39 is 0 Å². The molecule has 0 aromatic heterocycles. The maximum atomic E-state index is 4.14. The zero-order chi connectivity index (χ0) is 8.85. The Kier molecular flexibility index (Phi) is 6.01. The largest absolute Gasteiger partial charge is 0.143 e. The van der Waals surface area contributed by atoms with Crippen molar-refractivity contribution in [2.75, 3.05) is 0 Å². The molecular formula is C8H12S3. The molecule has 0 aliphatic heterocycles. The van der Waals surface area contributed by atoms with Crippen molar-refractivity contribution in [1.29, 1.82) is 0 Å². The number of thiol groups is 3. The molecule has 0 bridgehead atoms. The van der Waals surface area contributed by atoms with Gasteiger partial charge >= 0.3 is 0 Å². The van der Waals surface area contributed by atoms with Crippen molar-refractivity contribution in [2.45, 2.75) is 28.5 Å². The average molecular weight is 204 g/mol. The third-order valence-corrected chi connectivity index (χ3v) is 2.17. The number of hydrogen-bond donors (Lipinski definition) is 3. The molecule has 1 aromatic rings. The second kappa shape index (κ2) is 5.86. The smallest absolute Gasteiger partial charge is 0.0185 e. The van der Waals surface area contributed by atoms with E-state index in [1.165, 1.54) is 0 Å². The first-order valence-corrected chi connectivity index (χ1v) is 4.75. The van der Waals surface area contributed by atoms with Crippen molar-refractivity contribution in [3.8, 4) is 0 Å². The van der Waals surface area contributed by atoms with Crippen LogP contribution in [0.25, 0.3) is 0 Å². The molecule has 62 valence electrons. The summed E-state index contributed by atoms with van der Waals surface area (Å²) in [5.74, 6) is 0. The summed E-state index contributed by atoms with van der Waals surface area (Å²) in [7, 11) is 0. The Hall–Kier alpha value is 0.270. The molecule has 0 unspecified atom stereocenters. The summed E-state index contributed by atoms with van der Waals surface area (Å²) in [4.78, 5) is 2.67. The van der Waals surface area contributed by atoms with E-state index in [2.05, 4.69) is 37.9 Å². The Morgan fingerprint density at radius 3 is 1.82 bits per heavy atom. The van der Waals surface area contributed by atoms with Gasteiger partial charge in [0.15, 0.2) is 0 Å². The van der Waals surface area contributed by atoms with Gasteiger partial charge in [0.25, 0.3) is 0 Å². The Bertz CT molecular complexity index is 221. The van der Waals surface area contributed by atoms with Crippen LogP contribution in [0.3, 0.4) is 0 Å². The molecule has 0 spiro atoms. The molecule has 1 aromatic carbocycles. The molecule has 0 fully saturated rings. The van der Waals surface area contributed by atoms with Crippen LogP contribution in [0.15, 0.2) is 32.9 Å². The van der Waals surface area contributed by atoms with Crippen LogP contribution in [0, 0.1) is 0 Å². The summed E-state index contributed by atoms with van der Waals surface area (Å²) >= 11 is 12.4. The Morgan fingerprint density at radius 1 is 0.909 bits per heavy atom.